The number of aromatic nitrogens is 5. The van der Waals surface area contributed by atoms with Crippen molar-refractivity contribution in [1.29, 1.82) is 0 Å². The lowest BCUT2D eigenvalue weighted by atomic mass is 10.1. The van der Waals surface area contributed by atoms with Gasteiger partial charge in [0.1, 0.15) is 23.8 Å². The normalized spacial score (nSPS) is 21.6. The fourth-order valence-corrected chi connectivity index (χ4v) is 4.66. The lowest BCUT2D eigenvalue weighted by molar-refractivity contribution is 0.113. The summed E-state index contributed by atoms with van der Waals surface area (Å²) in [4.78, 5) is 20.5. The van der Waals surface area contributed by atoms with Crippen LogP contribution in [0, 0.1) is 0 Å². The quantitative estimate of drug-likeness (QED) is 0.380. The van der Waals surface area contributed by atoms with Crippen molar-refractivity contribution in [3.63, 3.8) is 0 Å². The van der Waals surface area contributed by atoms with Crippen LogP contribution in [0.4, 0.5) is 0 Å². The largest absolute Gasteiger partial charge is 0.473 e. The van der Waals surface area contributed by atoms with Gasteiger partial charge in [0.2, 0.25) is 5.88 Å². The van der Waals surface area contributed by atoms with Crippen molar-refractivity contribution in [2.45, 2.75) is 31.1 Å². The highest BCUT2D eigenvalue weighted by atomic mass is 32.2. The molecule has 0 unspecified atom stereocenters. The number of aliphatic hydroxyl groups excluding tert-OH is 1. The standard InChI is InChI=1S/C20H20N6O5S/c1-26(32(28,29)30)15-6-12(7-16(15)27)31-20-17-19(22-10-23-20)25-18(24-17)14-9-21-8-11-4-2-3-5-13(11)14/h2-5,8-10,12,15-16,27H,6-7H2,1H3,(H,28,29,30)(H,22,23,24,25)/t12-,15+,16+/m1/s1. The van der Waals surface area contributed by atoms with Crippen molar-refractivity contribution in [3.8, 4) is 17.3 Å². The zero-order valence-corrected chi connectivity index (χ0v) is 17.8. The van der Waals surface area contributed by atoms with Crippen LogP contribution in [0.1, 0.15) is 12.8 Å². The van der Waals surface area contributed by atoms with E-state index in [9.17, 15) is 18.1 Å². The summed E-state index contributed by atoms with van der Waals surface area (Å²) in [6, 6.07) is 7.02. The molecule has 3 heterocycles. The van der Waals surface area contributed by atoms with Gasteiger partial charge in [-0.3, -0.25) is 9.54 Å². The van der Waals surface area contributed by atoms with E-state index >= 15 is 0 Å². The summed E-state index contributed by atoms with van der Waals surface area (Å²) in [7, 11) is -3.21. The third-order valence-electron chi connectivity index (χ3n) is 5.74. The molecule has 11 nitrogen and oxygen atoms in total. The third kappa shape index (κ3) is 3.66. The van der Waals surface area contributed by atoms with Crippen LogP contribution >= 0.6 is 0 Å². The van der Waals surface area contributed by atoms with Gasteiger partial charge in [0, 0.05) is 43.2 Å². The molecule has 1 fully saturated rings. The van der Waals surface area contributed by atoms with Crippen LogP contribution in [0.5, 0.6) is 5.88 Å². The Labute approximate surface area is 183 Å². The summed E-state index contributed by atoms with van der Waals surface area (Å²) in [5.74, 6) is 0.805. The smallest absolute Gasteiger partial charge is 0.335 e. The first-order valence-corrected chi connectivity index (χ1v) is 11.3. The Bertz CT molecular complexity index is 1400. The topological polar surface area (TPSA) is 154 Å². The Morgan fingerprint density at radius 1 is 1.19 bits per heavy atom. The molecule has 0 saturated heterocycles. The zero-order valence-electron chi connectivity index (χ0n) is 17.0. The van der Waals surface area contributed by atoms with E-state index in [1.807, 2.05) is 24.3 Å². The molecule has 1 aliphatic carbocycles. The molecule has 12 heteroatoms. The number of hydrogen-bond acceptors (Lipinski definition) is 8. The van der Waals surface area contributed by atoms with E-state index in [2.05, 4.69) is 24.9 Å². The van der Waals surface area contributed by atoms with E-state index in [-0.39, 0.29) is 18.7 Å². The molecule has 166 valence electrons. The number of nitrogens with zero attached hydrogens (tertiary/aromatic N) is 5. The molecule has 4 aromatic rings. The molecular weight excluding hydrogens is 436 g/mol. The van der Waals surface area contributed by atoms with Crippen molar-refractivity contribution in [1.82, 2.24) is 29.2 Å². The van der Waals surface area contributed by atoms with Crippen molar-refractivity contribution in [3.05, 3.63) is 43.0 Å². The number of hydrogen-bond donors (Lipinski definition) is 3. The van der Waals surface area contributed by atoms with Crippen LogP contribution in [0.3, 0.4) is 0 Å². The third-order valence-corrected chi connectivity index (χ3v) is 6.74. The number of pyridine rings is 1. The molecule has 0 aliphatic heterocycles. The number of fused-ring (bicyclic) bond motifs is 2. The zero-order chi connectivity index (χ0) is 22.5. The minimum atomic E-state index is -4.43. The van der Waals surface area contributed by atoms with Crippen molar-refractivity contribution < 1.29 is 22.8 Å². The van der Waals surface area contributed by atoms with Crippen LogP contribution in [0.15, 0.2) is 43.0 Å². The average molecular weight is 456 g/mol. The number of nitrogens with one attached hydrogen (secondary N) is 1. The Kier molecular flexibility index (Phi) is 5.01. The highest BCUT2D eigenvalue weighted by Crippen LogP contribution is 2.32. The molecule has 0 bridgehead atoms. The SMILES string of the molecule is CN([C@H]1C[C@@H](Oc2ncnc3nc(-c4cncc5ccccc45)[nH]c23)C[C@@H]1O)S(=O)(=O)O. The van der Waals surface area contributed by atoms with Crippen LogP contribution in [0.25, 0.3) is 33.3 Å². The van der Waals surface area contributed by atoms with E-state index in [0.717, 1.165) is 20.6 Å². The summed E-state index contributed by atoms with van der Waals surface area (Å²) in [6.07, 6.45) is 3.71. The van der Waals surface area contributed by atoms with E-state index < -0.39 is 28.6 Å². The molecule has 1 saturated carbocycles. The van der Waals surface area contributed by atoms with Gasteiger partial charge in [-0.25, -0.2) is 9.97 Å². The van der Waals surface area contributed by atoms with Crippen molar-refractivity contribution >= 4 is 32.2 Å². The minimum absolute atomic E-state index is 0.185. The summed E-state index contributed by atoms with van der Waals surface area (Å²) >= 11 is 0. The summed E-state index contributed by atoms with van der Waals surface area (Å²) in [5, 5.41) is 12.2. The summed E-state index contributed by atoms with van der Waals surface area (Å²) in [5.41, 5.74) is 1.69. The molecule has 3 atom stereocenters. The fraction of sp³-hybridized carbons (Fsp3) is 0.300. The second-order valence-electron chi connectivity index (χ2n) is 7.71. The second kappa shape index (κ2) is 7.74. The number of aliphatic hydroxyl groups is 1. The molecule has 0 radical (unpaired) electrons. The Morgan fingerprint density at radius 2 is 2.00 bits per heavy atom. The average Bonchev–Trinajstić information content (AvgIpc) is 3.36. The first kappa shape index (κ1) is 20.7. The molecule has 3 aromatic heterocycles. The molecule has 0 amide bonds. The lowest BCUT2D eigenvalue weighted by Crippen LogP contribution is -2.41. The molecule has 5 rings (SSSR count). The predicted octanol–water partition coefficient (Wildman–Crippen LogP) is 1.57. The Morgan fingerprint density at radius 3 is 2.81 bits per heavy atom. The Balaban J connectivity index is 1.46. The molecule has 0 spiro atoms. The lowest BCUT2D eigenvalue weighted by Gasteiger charge is -2.22. The molecule has 1 aliphatic rings. The van der Waals surface area contributed by atoms with Crippen LogP contribution < -0.4 is 4.74 Å². The minimum Gasteiger partial charge on any atom is -0.473 e. The van der Waals surface area contributed by atoms with Gasteiger partial charge in [-0.1, -0.05) is 24.3 Å². The van der Waals surface area contributed by atoms with E-state index in [0.29, 0.717) is 17.0 Å². The Hall–Kier alpha value is -3.19. The highest BCUT2D eigenvalue weighted by molar-refractivity contribution is 7.83. The maximum atomic E-state index is 11.4. The molecule has 1 aromatic carbocycles. The number of benzene rings is 1. The van der Waals surface area contributed by atoms with Gasteiger partial charge in [-0.05, 0) is 5.39 Å². The van der Waals surface area contributed by atoms with E-state index in [1.165, 1.54) is 13.4 Å². The molecular formula is C20H20N6O5S. The van der Waals surface area contributed by atoms with Gasteiger partial charge in [-0.15, -0.1) is 0 Å². The van der Waals surface area contributed by atoms with Gasteiger partial charge in [0.25, 0.3) is 0 Å². The number of likely N-dealkylation sites (N-methyl/N-ethyl adjacent to an activating group) is 1. The number of rotatable bonds is 5. The second-order valence-corrected chi connectivity index (χ2v) is 9.18. The van der Waals surface area contributed by atoms with Crippen LogP contribution in [0.2, 0.25) is 0 Å². The summed E-state index contributed by atoms with van der Waals surface area (Å²) in [6.45, 7) is 0. The molecule has 3 N–H and O–H groups in total. The highest BCUT2D eigenvalue weighted by Gasteiger charge is 2.40. The first-order valence-electron chi connectivity index (χ1n) is 9.90. The van der Waals surface area contributed by atoms with E-state index in [1.54, 1.807) is 12.4 Å². The maximum Gasteiger partial charge on any atom is 0.335 e. The van der Waals surface area contributed by atoms with E-state index in [4.69, 9.17) is 4.74 Å². The van der Waals surface area contributed by atoms with Crippen molar-refractivity contribution in [2.75, 3.05) is 7.05 Å². The van der Waals surface area contributed by atoms with Gasteiger partial charge in [-0.2, -0.15) is 17.7 Å². The van der Waals surface area contributed by atoms with Gasteiger partial charge in [0.15, 0.2) is 5.65 Å². The van der Waals surface area contributed by atoms with Crippen molar-refractivity contribution in [2.24, 2.45) is 0 Å². The number of H-pyrrole nitrogens is 1. The van der Waals surface area contributed by atoms with Crippen LogP contribution in [-0.2, 0) is 10.3 Å². The summed E-state index contributed by atoms with van der Waals surface area (Å²) < 4.78 is 38.9. The van der Waals surface area contributed by atoms with Gasteiger partial charge < -0.3 is 14.8 Å². The maximum absolute atomic E-state index is 11.4. The fourth-order valence-electron chi connectivity index (χ4n) is 4.09. The number of imidazole rings is 1. The van der Waals surface area contributed by atoms with Gasteiger partial charge in [0.05, 0.1) is 12.1 Å². The van der Waals surface area contributed by atoms with Gasteiger partial charge >= 0.3 is 10.3 Å². The first-order chi connectivity index (χ1) is 15.3. The number of aromatic amines is 1. The molecule has 32 heavy (non-hydrogen) atoms. The predicted molar refractivity (Wildman–Crippen MR) is 115 cm³/mol. The van der Waals surface area contributed by atoms with Crippen LogP contribution in [-0.4, -0.2) is 72.6 Å². The monoisotopic (exact) mass is 456 g/mol. The number of ether oxygens (including phenoxy) is 1.